The fourth-order valence-electron chi connectivity index (χ4n) is 5.30. The highest BCUT2D eigenvalue weighted by Crippen LogP contribution is 2.60. The minimum Gasteiger partial charge on any atom is -0.508 e. The van der Waals surface area contributed by atoms with E-state index in [-0.39, 0.29) is 0 Å². The second-order valence-corrected chi connectivity index (χ2v) is 6.35. The quantitative estimate of drug-likeness (QED) is 0.819. The maximum atomic E-state index is 9.45. The molecule has 2 bridgehead atoms. The molecule has 0 spiro atoms. The molecule has 3 heteroatoms. The Kier molecular flexibility index (Phi) is 1.62. The van der Waals surface area contributed by atoms with Crippen molar-refractivity contribution in [1.29, 1.82) is 0 Å². The van der Waals surface area contributed by atoms with Crippen LogP contribution in [0.15, 0.2) is 24.3 Å². The number of hydrogen-bond acceptors (Lipinski definition) is 3. The third kappa shape index (κ3) is 0.935. The van der Waals surface area contributed by atoms with Gasteiger partial charge >= 0.3 is 0 Å². The predicted octanol–water partition coefficient (Wildman–Crippen LogP) is 2.37. The van der Waals surface area contributed by atoms with Crippen LogP contribution in [0, 0.1) is 11.8 Å². The number of benzene rings is 1. The molecule has 0 radical (unpaired) electrons. The van der Waals surface area contributed by atoms with Gasteiger partial charge in [0.2, 0.25) is 0 Å². The molecule has 3 saturated heterocycles. The van der Waals surface area contributed by atoms with E-state index in [0.29, 0.717) is 5.75 Å². The molecule has 94 valence electrons. The molecule has 4 unspecified atom stereocenters. The number of fused-ring (bicyclic) bond motifs is 2. The molecule has 1 aromatic rings. The monoisotopic (exact) mass is 242 g/mol. The van der Waals surface area contributed by atoms with Crippen molar-refractivity contribution in [2.24, 2.45) is 11.8 Å². The number of phenols is 1. The molecule has 0 aromatic heterocycles. The van der Waals surface area contributed by atoms with E-state index in [1.54, 1.807) is 0 Å². The summed E-state index contributed by atoms with van der Waals surface area (Å²) in [4.78, 5) is 0. The normalized spacial score (nSPS) is 44.2. The van der Waals surface area contributed by atoms with Gasteiger partial charge in [-0.15, -0.1) is 0 Å². The van der Waals surface area contributed by atoms with Crippen LogP contribution in [0.3, 0.4) is 0 Å². The van der Waals surface area contributed by atoms with E-state index in [1.165, 1.54) is 31.4 Å². The summed E-state index contributed by atoms with van der Waals surface area (Å²) >= 11 is 0. The zero-order chi connectivity index (χ0) is 11.9. The molecule has 5 rings (SSSR count). The van der Waals surface area contributed by atoms with Gasteiger partial charge in [0.1, 0.15) is 5.75 Å². The smallest absolute Gasteiger partial charge is 0.115 e. The standard InChI is InChI=1S/C15H18N2O/c18-10-3-1-9(2-4-10)16-15-11-5-6-12(15)14-8-7-13(11)17(14)16/h1-4,11-15,18H,5-8H2. The summed E-state index contributed by atoms with van der Waals surface area (Å²) in [7, 11) is 0. The summed E-state index contributed by atoms with van der Waals surface area (Å²) in [5.41, 5.74) is 1.28. The van der Waals surface area contributed by atoms with Crippen molar-refractivity contribution in [3.05, 3.63) is 24.3 Å². The third-order valence-electron chi connectivity index (χ3n) is 5.78. The lowest BCUT2D eigenvalue weighted by Gasteiger charge is -2.29. The Morgan fingerprint density at radius 1 is 0.889 bits per heavy atom. The van der Waals surface area contributed by atoms with E-state index in [4.69, 9.17) is 0 Å². The first-order valence-electron chi connectivity index (χ1n) is 7.21. The van der Waals surface area contributed by atoms with Crippen molar-refractivity contribution in [2.75, 3.05) is 5.01 Å². The first kappa shape index (κ1) is 9.68. The lowest BCUT2D eigenvalue weighted by Crippen LogP contribution is -2.39. The topological polar surface area (TPSA) is 26.7 Å². The Labute approximate surface area is 107 Å². The van der Waals surface area contributed by atoms with Crippen LogP contribution in [0.25, 0.3) is 0 Å². The molecular weight excluding hydrogens is 224 g/mol. The largest absolute Gasteiger partial charge is 0.508 e. The molecule has 1 aromatic carbocycles. The molecule has 3 heterocycles. The van der Waals surface area contributed by atoms with Gasteiger partial charge in [0, 0.05) is 12.1 Å². The van der Waals surface area contributed by atoms with Gasteiger partial charge < -0.3 is 10.1 Å². The predicted molar refractivity (Wildman–Crippen MR) is 69.2 cm³/mol. The average molecular weight is 242 g/mol. The molecule has 3 nitrogen and oxygen atoms in total. The van der Waals surface area contributed by atoms with E-state index in [9.17, 15) is 5.11 Å². The molecule has 4 aliphatic rings. The summed E-state index contributed by atoms with van der Waals surface area (Å²) in [5, 5.41) is 14.7. The molecule has 1 N–H and O–H groups in total. The Balaban J connectivity index is 1.62. The Morgan fingerprint density at radius 2 is 1.50 bits per heavy atom. The number of anilines is 1. The summed E-state index contributed by atoms with van der Waals surface area (Å²) in [6.07, 6.45) is 5.66. The van der Waals surface area contributed by atoms with Gasteiger partial charge in [-0.2, -0.15) is 0 Å². The van der Waals surface area contributed by atoms with Crippen molar-refractivity contribution in [3.63, 3.8) is 0 Å². The van der Waals surface area contributed by atoms with Crippen LogP contribution in [0.5, 0.6) is 5.75 Å². The molecule has 4 atom stereocenters. The Bertz CT molecular complexity index is 456. The van der Waals surface area contributed by atoms with E-state index >= 15 is 0 Å². The second kappa shape index (κ2) is 3.02. The summed E-state index contributed by atoms with van der Waals surface area (Å²) in [6, 6.07) is 10.2. The van der Waals surface area contributed by atoms with Crippen LogP contribution < -0.4 is 5.01 Å². The van der Waals surface area contributed by atoms with E-state index < -0.39 is 0 Å². The van der Waals surface area contributed by atoms with Gasteiger partial charge in [0.15, 0.2) is 0 Å². The molecule has 0 amide bonds. The minimum atomic E-state index is 0.367. The van der Waals surface area contributed by atoms with E-state index in [2.05, 4.69) is 22.2 Å². The Morgan fingerprint density at radius 3 is 2.11 bits per heavy atom. The molecular formula is C15H18N2O. The SMILES string of the molecule is Oc1ccc(N2C3C4CCC3C3CCC4N32)cc1. The number of piperidine rings is 1. The zero-order valence-electron chi connectivity index (χ0n) is 10.4. The van der Waals surface area contributed by atoms with Crippen molar-refractivity contribution in [2.45, 2.75) is 43.8 Å². The van der Waals surface area contributed by atoms with Crippen LogP contribution in [0.4, 0.5) is 5.69 Å². The van der Waals surface area contributed by atoms with Crippen molar-refractivity contribution < 1.29 is 5.11 Å². The van der Waals surface area contributed by atoms with E-state index in [0.717, 1.165) is 30.0 Å². The van der Waals surface area contributed by atoms with Crippen molar-refractivity contribution in [1.82, 2.24) is 5.01 Å². The number of phenolic OH excluding ortho intramolecular Hbond substituents is 1. The first-order valence-corrected chi connectivity index (χ1v) is 7.21. The maximum Gasteiger partial charge on any atom is 0.115 e. The fraction of sp³-hybridized carbons (Fsp3) is 0.600. The van der Waals surface area contributed by atoms with Gasteiger partial charge in [-0.25, -0.2) is 5.01 Å². The third-order valence-corrected chi connectivity index (χ3v) is 5.78. The zero-order valence-corrected chi connectivity index (χ0v) is 10.4. The molecule has 18 heavy (non-hydrogen) atoms. The highest BCUT2D eigenvalue weighted by molar-refractivity contribution is 5.53. The van der Waals surface area contributed by atoms with Crippen molar-refractivity contribution >= 4 is 5.69 Å². The fourth-order valence-corrected chi connectivity index (χ4v) is 5.30. The molecule has 1 aliphatic carbocycles. The first-order chi connectivity index (χ1) is 8.84. The second-order valence-electron chi connectivity index (χ2n) is 6.35. The van der Waals surface area contributed by atoms with Crippen LogP contribution in [-0.2, 0) is 0 Å². The molecule has 4 fully saturated rings. The Hall–Kier alpha value is -1.22. The maximum absolute atomic E-state index is 9.45. The summed E-state index contributed by atoms with van der Waals surface area (Å²) in [5.74, 6) is 2.18. The molecule has 3 aliphatic heterocycles. The number of hydrazine groups is 1. The summed E-state index contributed by atoms with van der Waals surface area (Å²) in [6.45, 7) is 0. The average Bonchev–Trinajstić information content (AvgIpc) is 2.98. The minimum absolute atomic E-state index is 0.367. The van der Waals surface area contributed by atoms with Crippen LogP contribution >= 0.6 is 0 Å². The number of nitrogens with zero attached hydrogens (tertiary/aromatic N) is 2. The van der Waals surface area contributed by atoms with Gasteiger partial charge in [0.05, 0.1) is 11.7 Å². The lowest BCUT2D eigenvalue weighted by atomic mass is 9.91. The number of rotatable bonds is 1. The van der Waals surface area contributed by atoms with E-state index in [1.807, 2.05) is 12.1 Å². The number of aromatic hydroxyl groups is 1. The van der Waals surface area contributed by atoms with Gasteiger partial charge in [0.25, 0.3) is 0 Å². The highest BCUT2D eigenvalue weighted by Gasteiger charge is 2.66. The van der Waals surface area contributed by atoms with Crippen LogP contribution in [0.2, 0.25) is 0 Å². The number of hydrogen-bond donors (Lipinski definition) is 1. The molecule has 1 saturated carbocycles. The van der Waals surface area contributed by atoms with Gasteiger partial charge in [-0.1, -0.05) is 0 Å². The van der Waals surface area contributed by atoms with Crippen molar-refractivity contribution in [3.8, 4) is 5.75 Å². The van der Waals surface area contributed by atoms with Gasteiger partial charge in [-0.05, 0) is 61.8 Å². The van der Waals surface area contributed by atoms with Gasteiger partial charge in [-0.3, -0.25) is 0 Å². The van der Waals surface area contributed by atoms with Crippen LogP contribution in [-0.4, -0.2) is 28.2 Å². The highest BCUT2D eigenvalue weighted by atomic mass is 16.3. The van der Waals surface area contributed by atoms with Crippen LogP contribution in [0.1, 0.15) is 25.7 Å². The summed E-state index contributed by atoms with van der Waals surface area (Å²) < 4.78 is 0. The lowest BCUT2D eigenvalue weighted by molar-refractivity contribution is 0.200.